The number of nitrogens with zero attached hydrogens (tertiary/aromatic N) is 2. The molecule has 4 heteroatoms. The van der Waals surface area contributed by atoms with Crippen LogP contribution < -0.4 is 0 Å². The van der Waals surface area contributed by atoms with Gasteiger partial charge < -0.3 is 9.52 Å². The lowest BCUT2D eigenvalue weighted by molar-refractivity contribution is 0.177. The molecule has 2 aromatic rings. The maximum Gasteiger partial charge on any atom is 0.209 e. The van der Waals surface area contributed by atoms with Crippen molar-refractivity contribution >= 4 is 0 Å². The van der Waals surface area contributed by atoms with Gasteiger partial charge in [0.15, 0.2) is 5.76 Å². The molecular weight excluding hydrogens is 252 g/mol. The summed E-state index contributed by atoms with van der Waals surface area (Å²) in [7, 11) is 0. The molecule has 108 valence electrons. The quantitative estimate of drug-likeness (QED) is 0.804. The second kappa shape index (κ2) is 7.82. The molecule has 2 rings (SSSR count). The summed E-state index contributed by atoms with van der Waals surface area (Å²) in [5.74, 6) is 1.49. The predicted molar refractivity (Wildman–Crippen MR) is 79.2 cm³/mol. The minimum Gasteiger partial charge on any atom is -0.439 e. The number of hydrogen-bond acceptors (Lipinski definition) is 4. The summed E-state index contributed by atoms with van der Waals surface area (Å²) in [6.45, 7) is 4.59. The minimum absolute atomic E-state index is 0.163. The SMILES string of the molecule is CCCCN(CCO)Cc1ncc(-c2ccccc2)o1. The van der Waals surface area contributed by atoms with Gasteiger partial charge in [0, 0.05) is 12.1 Å². The summed E-state index contributed by atoms with van der Waals surface area (Å²) in [4.78, 5) is 6.50. The van der Waals surface area contributed by atoms with Crippen LogP contribution in [0.1, 0.15) is 25.7 Å². The van der Waals surface area contributed by atoms with Gasteiger partial charge in [0.25, 0.3) is 0 Å². The lowest BCUT2D eigenvalue weighted by atomic mass is 10.2. The fraction of sp³-hybridized carbons (Fsp3) is 0.438. The number of benzene rings is 1. The molecule has 0 bridgehead atoms. The second-order valence-corrected chi connectivity index (χ2v) is 4.84. The van der Waals surface area contributed by atoms with Crippen molar-refractivity contribution in [2.24, 2.45) is 0 Å². The molecule has 1 heterocycles. The monoisotopic (exact) mass is 274 g/mol. The van der Waals surface area contributed by atoms with Crippen molar-refractivity contribution in [3.8, 4) is 11.3 Å². The number of oxazole rings is 1. The third-order valence-electron chi connectivity index (χ3n) is 3.21. The van der Waals surface area contributed by atoms with Crippen LogP contribution in [0.3, 0.4) is 0 Å². The van der Waals surface area contributed by atoms with Gasteiger partial charge >= 0.3 is 0 Å². The Morgan fingerprint density at radius 3 is 2.70 bits per heavy atom. The molecule has 0 saturated heterocycles. The molecule has 0 fully saturated rings. The highest BCUT2D eigenvalue weighted by molar-refractivity contribution is 5.55. The fourth-order valence-corrected chi connectivity index (χ4v) is 2.10. The van der Waals surface area contributed by atoms with Gasteiger partial charge in [0.05, 0.1) is 19.3 Å². The first-order valence-electron chi connectivity index (χ1n) is 7.16. The third-order valence-corrected chi connectivity index (χ3v) is 3.21. The molecule has 4 nitrogen and oxygen atoms in total. The van der Waals surface area contributed by atoms with Gasteiger partial charge in [-0.15, -0.1) is 0 Å². The van der Waals surface area contributed by atoms with Crippen LogP contribution in [0, 0.1) is 0 Å². The molecular formula is C16H22N2O2. The van der Waals surface area contributed by atoms with Crippen molar-refractivity contribution in [3.63, 3.8) is 0 Å². The number of rotatable bonds is 8. The Hall–Kier alpha value is -1.65. The Bertz CT molecular complexity index is 496. The van der Waals surface area contributed by atoms with E-state index >= 15 is 0 Å². The maximum atomic E-state index is 9.10. The zero-order chi connectivity index (χ0) is 14.2. The number of unbranched alkanes of at least 4 members (excludes halogenated alkanes) is 1. The Kier molecular flexibility index (Phi) is 5.77. The van der Waals surface area contributed by atoms with E-state index < -0.39 is 0 Å². The van der Waals surface area contributed by atoms with Crippen molar-refractivity contribution in [1.29, 1.82) is 0 Å². The van der Waals surface area contributed by atoms with Gasteiger partial charge in [0.1, 0.15) is 0 Å². The summed E-state index contributed by atoms with van der Waals surface area (Å²) in [5, 5.41) is 9.10. The van der Waals surface area contributed by atoms with E-state index in [2.05, 4.69) is 16.8 Å². The molecule has 0 radical (unpaired) electrons. The van der Waals surface area contributed by atoms with Gasteiger partial charge in [-0.2, -0.15) is 0 Å². The first kappa shape index (κ1) is 14.8. The first-order chi connectivity index (χ1) is 9.83. The molecule has 0 aliphatic carbocycles. The van der Waals surface area contributed by atoms with Crippen LogP contribution in [0.2, 0.25) is 0 Å². The normalized spacial score (nSPS) is 11.2. The number of aliphatic hydroxyl groups is 1. The molecule has 0 aliphatic rings. The van der Waals surface area contributed by atoms with Crippen molar-refractivity contribution in [2.75, 3.05) is 19.7 Å². The largest absolute Gasteiger partial charge is 0.439 e. The lowest BCUT2D eigenvalue weighted by Crippen LogP contribution is -2.27. The zero-order valence-corrected chi connectivity index (χ0v) is 12.0. The third kappa shape index (κ3) is 4.18. The van der Waals surface area contributed by atoms with Crippen molar-refractivity contribution in [2.45, 2.75) is 26.3 Å². The van der Waals surface area contributed by atoms with E-state index in [1.165, 1.54) is 0 Å². The van der Waals surface area contributed by atoms with Crippen molar-refractivity contribution < 1.29 is 9.52 Å². The van der Waals surface area contributed by atoms with E-state index in [1.807, 2.05) is 30.3 Å². The van der Waals surface area contributed by atoms with Crippen LogP contribution in [0.4, 0.5) is 0 Å². The van der Waals surface area contributed by atoms with Crippen LogP contribution in [-0.4, -0.2) is 34.7 Å². The van der Waals surface area contributed by atoms with E-state index in [4.69, 9.17) is 9.52 Å². The number of hydrogen-bond donors (Lipinski definition) is 1. The Labute approximate surface area is 120 Å². The number of aliphatic hydroxyl groups excluding tert-OH is 1. The first-order valence-corrected chi connectivity index (χ1v) is 7.16. The second-order valence-electron chi connectivity index (χ2n) is 4.84. The van der Waals surface area contributed by atoms with Gasteiger partial charge in [-0.3, -0.25) is 4.90 Å². The van der Waals surface area contributed by atoms with E-state index in [0.717, 1.165) is 30.7 Å². The van der Waals surface area contributed by atoms with Crippen molar-refractivity contribution in [1.82, 2.24) is 9.88 Å². The Balaban J connectivity index is 2.00. The fourth-order valence-electron chi connectivity index (χ4n) is 2.10. The molecule has 0 aliphatic heterocycles. The molecule has 1 N–H and O–H groups in total. The minimum atomic E-state index is 0.163. The summed E-state index contributed by atoms with van der Waals surface area (Å²) in [5.41, 5.74) is 1.04. The molecule has 0 saturated carbocycles. The maximum absolute atomic E-state index is 9.10. The topological polar surface area (TPSA) is 49.5 Å². The zero-order valence-electron chi connectivity index (χ0n) is 12.0. The molecule has 1 aromatic carbocycles. The van der Waals surface area contributed by atoms with Crippen LogP contribution in [0.5, 0.6) is 0 Å². The lowest BCUT2D eigenvalue weighted by Gasteiger charge is -2.18. The van der Waals surface area contributed by atoms with Gasteiger partial charge in [-0.25, -0.2) is 4.98 Å². The predicted octanol–water partition coefficient (Wildman–Crippen LogP) is 2.94. The molecule has 0 unspecified atom stereocenters. The van der Waals surface area contributed by atoms with Crippen LogP contribution in [-0.2, 0) is 6.54 Å². The highest BCUT2D eigenvalue weighted by Crippen LogP contribution is 2.20. The summed E-state index contributed by atoms with van der Waals surface area (Å²) >= 11 is 0. The van der Waals surface area contributed by atoms with Gasteiger partial charge in [-0.1, -0.05) is 43.7 Å². The standard InChI is InChI=1S/C16H22N2O2/c1-2-3-9-18(10-11-19)13-16-17-12-15(20-16)14-7-5-4-6-8-14/h4-8,12,19H,2-3,9-11,13H2,1H3. The van der Waals surface area contributed by atoms with Crippen molar-refractivity contribution in [3.05, 3.63) is 42.4 Å². The Morgan fingerprint density at radius 2 is 2.00 bits per heavy atom. The van der Waals surface area contributed by atoms with Gasteiger partial charge in [-0.05, 0) is 13.0 Å². The summed E-state index contributed by atoms with van der Waals surface area (Å²) < 4.78 is 5.79. The highest BCUT2D eigenvalue weighted by Gasteiger charge is 2.10. The molecule has 0 spiro atoms. The van der Waals surface area contributed by atoms with E-state index in [-0.39, 0.29) is 6.61 Å². The smallest absolute Gasteiger partial charge is 0.209 e. The summed E-state index contributed by atoms with van der Waals surface area (Å²) in [6, 6.07) is 9.96. The molecule has 0 amide bonds. The Morgan fingerprint density at radius 1 is 1.20 bits per heavy atom. The van der Waals surface area contributed by atoms with Crippen LogP contribution >= 0.6 is 0 Å². The van der Waals surface area contributed by atoms with E-state index in [0.29, 0.717) is 19.0 Å². The summed E-state index contributed by atoms with van der Waals surface area (Å²) in [6.07, 6.45) is 4.02. The average molecular weight is 274 g/mol. The van der Waals surface area contributed by atoms with Crippen LogP contribution in [0.15, 0.2) is 40.9 Å². The van der Waals surface area contributed by atoms with E-state index in [9.17, 15) is 0 Å². The van der Waals surface area contributed by atoms with Crippen LogP contribution in [0.25, 0.3) is 11.3 Å². The van der Waals surface area contributed by atoms with Gasteiger partial charge in [0.2, 0.25) is 5.89 Å². The molecule has 20 heavy (non-hydrogen) atoms. The average Bonchev–Trinajstić information content (AvgIpc) is 2.94. The highest BCUT2D eigenvalue weighted by atomic mass is 16.4. The molecule has 0 atom stereocenters. The molecule has 1 aromatic heterocycles. The van der Waals surface area contributed by atoms with E-state index in [1.54, 1.807) is 6.20 Å². The number of aromatic nitrogens is 1.